The van der Waals surface area contributed by atoms with Crippen molar-refractivity contribution in [3.63, 3.8) is 0 Å². The second-order valence-corrected chi connectivity index (χ2v) is 5.02. The van der Waals surface area contributed by atoms with Gasteiger partial charge in [0.25, 0.3) is 0 Å². The van der Waals surface area contributed by atoms with Crippen LogP contribution in [-0.2, 0) is 11.0 Å². The lowest BCUT2D eigenvalue weighted by Crippen LogP contribution is -2.16. The third-order valence-electron chi connectivity index (χ3n) is 3.13. The Morgan fingerprint density at radius 3 is 2.48 bits per heavy atom. The van der Waals surface area contributed by atoms with Crippen molar-refractivity contribution in [2.75, 3.05) is 11.1 Å². The molecule has 0 bridgehead atoms. The number of amides is 1. The summed E-state index contributed by atoms with van der Waals surface area (Å²) in [4.78, 5) is 11.7. The number of nitrogens with one attached hydrogen (secondary N) is 1. The van der Waals surface area contributed by atoms with E-state index in [9.17, 15) is 18.0 Å². The standard InChI is InChI=1S/C15H21F3N2O/c1-2-3-4-5-6-7-14(21)20-13-9-8-11(19)10-12(13)15(16,17)18/h8-10H,2-7,19H2,1H3,(H,20,21). The van der Waals surface area contributed by atoms with E-state index in [0.717, 1.165) is 31.7 Å². The van der Waals surface area contributed by atoms with Crippen LogP contribution in [0.5, 0.6) is 0 Å². The third-order valence-corrected chi connectivity index (χ3v) is 3.13. The fourth-order valence-corrected chi connectivity index (χ4v) is 2.01. The number of unbranched alkanes of at least 4 members (excludes halogenated alkanes) is 4. The molecule has 0 aromatic heterocycles. The summed E-state index contributed by atoms with van der Waals surface area (Å²) >= 11 is 0. The number of nitrogen functional groups attached to an aromatic ring is 1. The Kier molecular flexibility index (Phi) is 6.52. The van der Waals surface area contributed by atoms with Crippen molar-refractivity contribution >= 4 is 17.3 Å². The smallest absolute Gasteiger partial charge is 0.399 e. The fraction of sp³-hybridized carbons (Fsp3) is 0.533. The van der Waals surface area contributed by atoms with Crippen molar-refractivity contribution in [3.8, 4) is 0 Å². The molecule has 0 unspecified atom stereocenters. The van der Waals surface area contributed by atoms with Crippen LogP contribution >= 0.6 is 0 Å². The number of alkyl halides is 3. The molecule has 0 atom stereocenters. The van der Waals surface area contributed by atoms with Crippen LogP contribution in [0.3, 0.4) is 0 Å². The minimum atomic E-state index is -4.54. The molecule has 1 aromatic carbocycles. The lowest BCUT2D eigenvalue weighted by Gasteiger charge is -2.14. The van der Waals surface area contributed by atoms with Crippen LogP contribution in [0.4, 0.5) is 24.5 Å². The Morgan fingerprint density at radius 2 is 1.86 bits per heavy atom. The van der Waals surface area contributed by atoms with Crippen LogP contribution in [0, 0.1) is 0 Å². The molecule has 0 saturated heterocycles. The average Bonchev–Trinajstić information content (AvgIpc) is 2.39. The van der Waals surface area contributed by atoms with Gasteiger partial charge in [-0.05, 0) is 24.6 Å². The number of carbonyl (C=O) groups is 1. The van der Waals surface area contributed by atoms with Gasteiger partial charge in [0, 0.05) is 12.1 Å². The van der Waals surface area contributed by atoms with Gasteiger partial charge < -0.3 is 11.1 Å². The van der Waals surface area contributed by atoms with Crippen LogP contribution in [0.2, 0.25) is 0 Å². The third kappa shape index (κ3) is 6.06. The number of halogens is 3. The summed E-state index contributed by atoms with van der Waals surface area (Å²) in [6.45, 7) is 2.09. The molecule has 21 heavy (non-hydrogen) atoms. The first-order chi connectivity index (χ1) is 9.84. The molecule has 0 heterocycles. The zero-order valence-electron chi connectivity index (χ0n) is 12.1. The van der Waals surface area contributed by atoms with Gasteiger partial charge in [-0.1, -0.05) is 32.6 Å². The highest BCUT2D eigenvalue weighted by atomic mass is 19.4. The zero-order valence-corrected chi connectivity index (χ0v) is 12.1. The summed E-state index contributed by atoms with van der Waals surface area (Å²) in [5.74, 6) is -0.401. The molecule has 1 rings (SSSR count). The Balaban J connectivity index is 2.60. The quantitative estimate of drug-likeness (QED) is 0.572. The summed E-state index contributed by atoms with van der Waals surface area (Å²) in [7, 11) is 0. The number of carbonyl (C=O) groups excluding carboxylic acids is 1. The highest BCUT2D eigenvalue weighted by Crippen LogP contribution is 2.36. The topological polar surface area (TPSA) is 55.1 Å². The maximum absolute atomic E-state index is 12.9. The number of nitrogens with two attached hydrogens (primary N) is 1. The van der Waals surface area contributed by atoms with Gasteiger partial charge in [0.1, 0.15) is 0 Å². The molecule has 0 aliphatic heterocycles. The van der Waals surface area contributed by atoms with Crippen LogP contribution in [0.25, 0.3) is 0 Å². The first-order valence-corrected chi connectivity index (χ1v) is 7.11. The number of anilines is 2. The average molecular weight is 302 g/mol. The van der Waals surface area contributed by atoms with Crippen LogP contribution in [-0.4, -0.2) is 5.91 Å². The van der Waals surface area contributed by atoms with E-state index in [0.29, 0.717) is 6.42 Å². The van der Waals surface area contributed by atoms with Gasteiger partial charge in [-0.25, -0.2) is 0 Å². The van der Waals surface area contributed by atoms with Crippen molar-refractivity contribution in [1.29, 1.82) is 0 Å². The summed E-state index contributed by atoms with van der Waals surface area (Å²) in [5, 5.41) is 2.32. The van der Waals surface area contributed by atoms with Gasteiger partial charge in [-0.15, -0.1) is 0 Å². The van der Waals surface area contributed by atoms with Crippen molar-refractivity contribution in [2.45, 2.75) is 51.6 Å². The predicted molar refractivity (Wildman–Crippen MR) is 77.9 cm³/mol. The van der Waals surface area contributed by atoms with E-state index in [1.807, 2.05) is 0 Å². The minimum absolute atomic E-state index is 0.0138. The molecule has 1 aromatic rings. The molecule has 3 nitrogen and oxygen atoms in total. The predicted octanol–water partition coefficient (Wildman–Crippen LogP) is 4.59. The molecule has 6 heteroatoms. The van der Waals surface area contributed by atoms with Gasteiger partial charge in [0.2, 0.25) is 5.91 Å². The molecule has 0 radical (unpaired) electrons. The molecule has 3 N–H and O–H groups in total. The van der Waals surface area contributed by atoms with E-state index in [-0.39, 0.29) is 17.8 Å². The highest BCUT2D eigenvalue weighted by Gasteiger charge is 2.34. The molecule has 0 saturated carbocycles. The lowest BCUT2D eigenvalue weighted by molar-refractivity contribution is -0.136. The Hall–Kier alpha value is -1.72. The Labute approximate surface area is 122 Å². The van der Waals surface area contributed by atoms with Gasteiger partial charge in [0.15, 0.2) is 0 Å². The molecule has 0 aliphatic rings. The summed E-state index contributed by atoms with van der Waals surface area (Å²) in [5.41, 5.74) is 4.23. The molecule has 118 valence electrons. The van der Waals surface area contributed by atoms with E-state index in [2.05, 4.69) is 12.2 Å². The number of rotatable bonds is 7. The summed E-state index contributed by atoms with van der Waals surface area (Å²) in [6.07, 6.45) is 0.533. The van der Waals surface area contributed by atoms with Gasteiger partial charge in [0.05, 0.1) is 11.3 Å². The van der Waals surface area contributed by atoms with Crippen LogP contribution in [0.1, 0.15) is 51.0 Å². The van der Waals surface area contributed by atoms with Gasteiger partial charge in [-0.2, -0.15) is 13.2 Å². The van der Waals surface area contributed by atoms with Gasteiger partial charge >= 0.3 is 6.18 Å². The number of benzene rings is 1. The lowest BCUT2D eigenvalue weighted by atomic mass is 10.1. The van der Waals surface area contributed by atoms with Crippen molar-refractivity contribution in [3.05, 3.63) is 23.8 Å². The SMILES string of the molecule is CCCCCCCC(=O)Nc1ccc(N)cc1C(F)(F)F. The van der Waals surface area contributed by atoms with Crippen molar-refractivity contribution in [2.24, 2.45) is 0 Å². The van der Waals surface area contributed by atoms with Gasteiger partial charge in [-0.3, -0.25) is 4.79 Å². The van der Waals surface area contributed by atoms with Crippen molar-refractivity contribution in [1.82, 2.24) is 0 Å². The maximum atomic E-state index is 12.9. The molecule has 0 fully saturated rings. The van der Waals surface area contributed by atoms with E-state index >= 15 is 0 Å². The minimum Gasteiger partial charge on any atom is -0.399 e. The molecular weight excluding hydrogens is 281 g/mol. The highest BCUT2D eigenvalue weighted by molar-refractivity contribution is 5.91. The zero-order chi connectivity index (χ0) is 15.9. The van der Waals surface area contributed by atoms with E-state index in [1.54, 1.807) is 0 Å². The van der Waals surface area contributed by atoms with Crippen molar-refractivity contribution < 1.29 is 18.0 Å². The second kappa shape index (κ2) is 7.90. The van der Waals surface area contributed by atoms with Crippen LogP contribution < -0.4 is 11.1 Å². The van der Waals surface area contributed by atoms with E-state index in [4.69, 9.17) is 5.73 Å². The largest absolute Gasteiger partial charge is 0.418 e. The summed E-state index contributed by atoms with van der Waals surface area (Å²) in [6, 6.07) is 3.36. The Bertz CT molecular complexity index is 472. The summed E-state index contributed by atoms with van der Waals surface area (Å²) < 4.78 is 38.6. The first-order valence-electron chi connectivity index (χ1n) is 7.11. The van der Waals surface area contributed by atoms with E-state index in [1.165, 1.54) is 12.1 Å². The number of hydrogen-bond donors (Lipinski definition) is 2. The van der Waals surface area contributed by atoms with E-state index < -0.39 is 17.6 Å². The molecule has 1 amide bonds. The van der Waals surface area contributed by atoms with Crippen LogP contribution in [0.15, 0.2) is 18.2 Å². The normalized spacial score (nSPS) is 11.4. The monoisotopic (exact) mass is 302 g/mol. The molecular formula is C15H21F3N2O. The molecule has 0 aliphatic carbocycles. The second-order valence-electron chi connectivity index (χ2n) is 5.02. The maximum Gasteiger partial charge on any atom is 0.418 e. The Morgan fingerprint density at radius 1 is 1.19 bits per heavy atom. The fourth-order valence-electron chi connectivity index (χ4n) is 2.01. The molecule has 0 spiro atoms. The number of hydrogen-bond acceptors (Lipinski definition) is 2. The first kappa shape index (κ1) is 17.3.